The van der Waals surface area contributed by atoms with Gasteiger partial charge in [-0.15, -0.1) is 0 Å². The number of hydrogen-bond acceptors (Lipinski definition) is 0. The summed E-state index contributed by atoms with van der Waals surface area (Å²) >= 11 is -1.27. The van der Waals surface area contributed by atoms with Gasteiger partial charge in [-0.05, 0) is 0 Å². The van der Waals surface area contributed by atoms with Gasteiger partial charge < -0.3 is 0 Å². The summed E-state index contributed by atoms with van der Waals surface area (Å²) in [7, 11) is 0. The van der Waals surface area contributed by atoms with E-state index in [1.54, 1.807) is 7.56 Å². The van der Waals surface area contributed by atoms with Crippen LogP contribution in [0.2, 0.25) is 0 Å². The molecule has 0 nitrogen and oxygen atoms in total. The predicted octanol–water partition coefficient (Wildman–Crippen LogP) is 6.32. The van der Waals surface area contributed by atoms with Crippen molar-refractivity contribution in [2.75, 3.05) is 0 Å². The molecule has 0 radical (unpaired) electrons. The first-order valence-electron chi connectivity index (χ1n) is 10.4. The Morgan fingerprint density at radius 3 is 1.31 bits per heavy atom. The summed E-state index contributed by atoms with van der Waals surface area (Å²) in [6.45, 7) is 0. The SMILES string of the molecule is c1cc[c]([Au]([c]2ccccc2)[P](C2CCCCC2)C2CCCCC2)cc1. The Labute approximate surface area is 167 Å². The van der Waals surface area contributed by atoms with Crippen LogP contribution in [-0.4, -0.2) is 11.3 Å². The molecule has 2 aliphatic rings. The minimum absolute atomic E-state index is 0.135. The van der Waals surface area contributed by atoms with Crippen LogP contribution < -0.4 is 7.56 Å². The first-order valence-corrected chi connectivity index (χ1v) is 16.8. The van der Waals surface area contributed by atoms with Crippen molar-refractivity contribution in [3.63, 3.8) is 0 Å². The number of benzene rings is 2. The molecule has 0 unspecified atom stereocenters. The third-order valence-electron chi connectivity index (χ3n) is 5.69. The molecule has 0 heterocycles. The van der Waals surface area contributed by atoms with Crippen molar-refractivity contribution in [3.05, 3.63) is 60.7 Å². The summed E-state index contributed by atoms with van der Waals surface area (Å²) in [5.74, 6) is 0.135. The van der Waals surface area contributed by atoms with Gasteiger partial charge in [-0.2, -0.15) is 0 Å². The van der Waals surface area contributed by atoms with Gasteiger partial charge in [0.25, 0.3) is 0 Å². The van der Waals surface area contributed by atoms with Crippen LogP contribution in [0.1, 0.15) is 64.2 Å². The number of rotatable bonds is 5. The molecule has 2 heteroatoms. The van der Waals surface area contributed by atoms with E-state index in [0.717, 1.165) is 11.3 Å². The van der Waals surface area contributed by atoms with Crippen LogP contribution in [0.3, 0.4) is 0 Å². The van der Waals surface area contributed by atoms with Crippen LogP contribution in [0.15, 0.2) is 60.7 Å². The average Bonchev–Trinajstić information content (AvgIpc) is 2.74. The Bertz CT molecular complexity index is 587. The molecular formula is C24H32AuP. The van der Waals surface area contributed by atoms with Gasteiger partial charge in [0.2, 0.25) is 0 Å². The zero-order valence-electron chi connectivity index (χ0n) is 15.7. The van der Waals surface area contributed by atoms with Gasteiger partial charge in [0.1, 0.15) is 0 Å². The molecule has 2 aromatic rings. The van der Waals surface area contributed by atoms with Crippen LogP contribution in [-0.2, 0) is 17.9 Å². The normalized spacial score (nSPS) is 20.3. The molecule has 0 bridgehead atoms. The van der Waals surface area contributed by atoms with Gasteiger partial charge in [0, 0.05) is 0 Å². The molecule has 26 heavy (non-hydrogen) atoms. The van der Waals surface area contributed by atoms with E-state index in [1.807, 2.05) is 0 Å². The van der Waals surface area contributed by atoms with Crippen molar-refractivity contribution in [2.45, 2.75) is 75.5 Å². The third-order valence-corrected chi connectivity index (χ3v) is 22.8. The Balaban J connectivity index is 1.74. The molecule has 0 saturated heterocycles. The van der Waals surface area contributed by atoms with Crippen LogP contribution in [0.25, 0.3) is 0 Å². The zero-order chi connectivity index (χ0) is 17.6. The summed E-state index contributed by atoms with van der Waals surface area (Å²) in [5.41, 5.74) is 2.09. The second-order valence-electron chi connectivity index (χ2n) is 7.60. The van der Waals surface area contributed by atoms with Crippen molar-refractivity contribution >= 4 is 13.4 Å². The van der Waals surface area contributed by atoms with E-state index in [0.29, 0.717) is 0 Å². The maximum atomic E-state index is 2.47. The molecule has 0 aliphatic heterocycles. The Morgan fingerprint density at radius 1 is 0.538 bits per heavy atom. The van der Waals surface area contributed by atoms with Crippen LogP contribution >= 0.6 is 5.81 Å². The van der Waals surface area contributed by atoms with Crippen LogP contribution in [0.4, 0.5) is 0 Å². The monoisotopic (exact) mass is 548 g/mol. The third kappa shape index (κ3) is 4.53. The predicted molar refractivity (Wildman–Crippen MR) is 113 cm³/mol. The molecule has 2 fully saturated rings. The van der Waals surface area contributed by atoms with Crippen molar-refractivity contribution in [2.24, 2.45) is 0 Å². The first kappa shape index (κ1) is 18.9. The molecule has 0 atom stereocenters. The van der Waals surface area contributed by atoms with Crippen molar-refractivity contribution in [3.8, 4) is 0 Å². The van der Waals surface area contributed by atoms with Crippen LogP contribution in [0.5, 0.6) is 0 Å². The van der Waals surface area contributed by atoms with Gasteiger partial charge >= 0.3 is 167 Å². The molecule has 0 N–H and O–H groups in total. The number of hydrogen-bond donors (Lipinski definition) is 0. The molecule has 0 amide bonds. The summed E-state index contributed by atoms with van der Waals surface area (Å²) in [4.78, 5) is 0. The van der Waals surface area contributed by atoms with E-state index in [1.165, 1.54) is 64.2 Å². The molecule has 2 aromatic carbocycles. The molecule has 4 rings (SSSR count). The molecular weight excluding hydrogens is 516 g/mol. The van der Waals surface area contributed by atoms with Gasteiger partial charge in [-0.3, -0.25) is 0 Å². The fourth-order valence-corrected chi connectivity index (χ4v) is 23.8. The molecule has 0 spiro atoms. The van der Waals surface area contributed by atoms with Crippen LogP contribution in [0, 0.1) is 0 Å². The second kappa shape index (κ2) is 9.70. The first-order chi connectivity index (χ1) is 12.9. The average molecular weight is 548 g/mol. The van der Waals surface area contributed by atoms with E-state index < -0.39 is 17.9 Å². The van der Waals surface area contributed by atoms with E-state index >= 15 is 0 Å². The Morgan fingerprint density at radius 2 is 0.923 bits per heavy atom. The van der Waals surface area contributed by atoms with Crippen molar-refractivity contribution in [1.29, 1.82) is 0 Å². The fourth-order valence-electron chi connectivity index (χ4n) is 4.40. The fraction of sp³-hybridized carbons (Fsp3) is 0.500. The molecule has 2 aliphatic carbocycles. The van der Waals surface area contributed by atoms with Crippen molar-refractivity contribution in [1.82, 2.24) is 0 Å². The van der Waals surface area contributed by atoms with E-state index in [-0.39, 0.29) is 5.81 Å². The van der Waals surface area contributed by atoms with Crippen molar-refractivity contribution < 1.29 is 17.9 Å². The van der Waals surface area contributed by atoms with E-state index in [2.05, 4.69) is 60.7 Å². The summed E-state index contributed by atoms with van der Waals surface area (Å²) in [6.07, 6.45) is 15.0. The molecule has 144 valence electrons. The standard InChI is InChI=1S/C12H22P.2C6H5.Au/c1-3-7-11(8-4-1)13-12-9-5-2-6-10-12;2*1-2-4-6-5-3-1;/h11-12H,1-10H2;2*1-5H;/q-1;;;+1. The Kier molecular flexibility index (Phi) is 7.07. The zero-order valence-corrected chi connectivity index (χ0v) is 18.8. The van der Waals surface area contributed by atoms with Gasteiger partial charge in [0.15, 0.2) is 0 Å². The Hall–Kier alpha value is -0.390. The van der Waals surface area contributed by atoms with Gasteiger partial charge in [-0.25, -0.2) is 0 Å². The van der Waals surface area contributed by atoms with E-state index in [4.69, 9.17) is 0 Å². The topological polar surface area (TPSA) is 0 Å². The molecule has 0 aromatic heterocycles. The summed E-state index contributed by atoms with van der Waals surface area (Å²) in [5, 5.41) is 0. The molecule has 2 saturated carbocycles. The quantitative estimate of drug-likeness (QED) is 0.303. The second-order valence-corrected chi connectivity index (χ2v) is 19.2. The minimum atomic E-state index is -1.27. The van der Waals surface area contributed by atoms with Gasteiger partial charge in [0.05, 0.1) is 0 Å². The van der Waals surface area contributed by atoms with Gasteiger partial charge in [-0.1, -0.05) is 0 Å². The summed E-state index contributed by atoms with van der Waals surface area (Å²) < 4.78 is 3.44. The van der Waals surface area contributed by atoms with E-state index in [9.17, 15) is 0 Å². The summed E-state index contributed by atoms with van der Waals surface area (Å²) in [6, 6.07) is 23.4. The maximum absolute atomic E-state index is 2.47.